The fraction of sp³-hybridized carbons (Fsp3) is 0.417. The molecular formula is C12H18ClFN2O. The smallest absolute Gasteiger partial charge is 0.251 e. The topological polar surface area (TPSA) is 55.1 Å². The van der Waals surface area contributed by atoms with Gasteiger partial charge in [0.05, 0.1) is 0 Å². The van der Waals surface area contributed by atoms with Crippen LogP contribution in [0.4, 0.5) is 4.39 Å². The number of halogens is 2. The van der Waals surface area contributed by atoms with E-state index in [0.29, 0.717) is 12.1 Å². The number of amides is 1. The van der Waals surface area contributed by atoms with Crippen LogP contribution in [-0.4, -0.2) is 18.0 Å². The minimum atomic E-state index is -0.474. The van der Waals surface area contributed by atoms with E-state index in [0.717, 1.165) is 5.56 Å². The maximum atomic E-state index is 13.1. The van der Waals surface area contributed by atoms with Crippen molar-refractivity contribution in [3.63, 3.8) is 0 Å². The number of nitrogens with two attached hydrogens (primary N) is 1. The van der Waals surface area contributed by atoms with Crippen LogP contribution < -0.4 is 11.1 Å². The maximum Gasteiger partial charge on any atom is 0.251 e. The number of nitrogens with one attached hydrogen (secondary N) is 1. The van der Waals surface area contributed by atoms with Gasteiger partial charge in [-0.2, -0.15) is 0 Å². The van der Waals surface area contributed by atoms with Crippen LogP contribution >= 0.6 is 12.4 Å². The molecule has 96 valence electrons. The fourth-order valence-electron chi connectivity index (χ4n) is 1.28. The third-order valence-corrected chi connectivity index (χ3v) is 2.01. The average molecular weight is 261 g/mol. The largest absolute Gasteiger partial charge is 0.350 e. The SMILES string of the molecule is Cc1cc(F)cc(C(=O)NCC(C)(C)N)c1.Cl. The molecular weight excluding hydrogens is 243 g/mol. The third-order valence-electron chi connectivity index (χ3n) is 2.01. The molecule has 0 unspecified atom stereocenters. The van der Waals surface area contributed by atoms with Gasteiger partial charge in [0.25, 0.3) is 5.91 Å². The third kappa shape index (κ3) is 5.65. The second kappa shape index (κ2) is 5.98. The van der Waals surface area contributed by atoms with Crippen molar-refractivity contribution in [2.75, 3.05) is 6.54 Å². The van der Waals surface area contributed by atoms with Gasteiger partial charge in [-0.15, -0.1) is 12.4 Å². The summed E-state index contributed by atoms with van der Waals surface area (Å²) >= 11 is 0. The number of hydrogen-bond donors (Lipinski definition) is 2. The molecule has 1 rings (SSSR count). The summed E-state index contributed by atoms with van der Waals surface area (Å²) in [6.45, 7) is 5.71. The Morgan fingerprint density at radius 1 is 1.41 bits per heavy atom. The summed E-state index contributed by atoms with van der Waals surface area (Å²) in [5.74, 6) is -0.710. The van der Waals surface area contributed by atoms with Crippen molar-refractivity contribution in [1.82, 2.24) is 5.32 Å². The molecule has 0 fully saturated rings. The zero-order chi connectivity index (χ0) is 12.3. The van der Waals surface area contributed by atoms with Crippen molar-refractivity contribution < 1.29 is 9.18 Å². The lowest BCUT2D eigenvalue weighted by Crippen LogP contribution is -2.45. The van der Waals surface area contributed by atoms with E-state index in [1.807, 2.05) is 13.8 Å². The molecule has 0 radical (unpaired) electrons. The van der Waals surface area contributed by atoms with Gasteiger partial charge in [-0.1, -0.05) is 0 Å². The summed E-state index contributed by atoms with van der Waals surface area (Å²) in [6.07, 6.45) is 0. The van der Waals surface area contributed by atoms with Crippen molar-refractivity contribution in [3.05, 3.63) is 35.1 Å². The highest BCUT2D eigenvalue weighted by Crippen LogP contribution is 2.08. The summed E-state index contributed by atoms with van der Waals surface area (Å²) in [5, 5.41) is 2.66. The molecule has 0 saturated carbocycles. The van der Waals surface area contributed by atoms with Gasteiger partial charge in [-0.25, -0.2) is 4.39 Å². The quantitative estimate of drug-likeness (QED) is 0.874. The Balaban J connectivity index is 0.00000256. The van der Waals surface area contributed by atoms with E-state index < -0.39 is 11.4 Å². The Morgan fingerprint density at radius 2 is 2.00 bits per heavy atom. The Morgan fingerprint density at radius 3 is 2.47 bits per heavy atom. The monoisotopic (exact) mass is 260 g/mol. The highest BCUT2D eigenvalue weighted by Gasteiger charge is 2.13. The van der Waals surface area contributed by atoms with Crippen molar-refractivity contribution in [3.8, 4) is 0 Å². The van der Waals surface area contributed by atoms with E-state index in [2.05, 4.69) is 5.32 Å². The minimum absolute atomic E-state index is 0. The summed E-state index contributed by atoms with van der Waals surface area (Å²) in [6, 6.07) is 4.23. The summed E-state index contributed by atoms with van der Waals surface area (Å²) in [7, 11) is 0. The van der Waals surface area contributed by atoms with Gasteiger partial charge in [-0.3, -0.25) is 4.79 Å². The van der Waals surface area contributed by atoms with Crippen LogP contribution in [-0.2, 0) is 0 Å². The molecule has 0 aliphatic heterocycles. The molecule has 3 nitrogen and oxygen atoms in total. The van der Waals surface area contributed by atoms with E-state index in [1.165, 1.54) is 12.1 Å². The van der Waals surface area contributed by atoms with E-state index >= 15 is 0 Å². The zero-order valence-electron chi connectivity index (χ0n) is 10.2. The molecule has 0 aliphatic rings. The van der Waals surface area contributed by atoms with Crippen molar-refractivity contribution in [2.24, 2.45) is 5.73 Å². The fourth-order valence-corrected chi connectivity index (χ4v) is 1.28. The molecule has 0 saturated heterocycles. The van der Waals surface area contributed by atoms with Gasteiger partial charge in [0, 0.05) is 17.6 Å². The highest BCUT2D eigenvalue weighted by molar-refractivity contribution is 5.94. The van der Waals surface area contributed by atoms with Crippen molar-refractivity contribution in [1.29, 1.82) is 0 Å². The number of hydrogen-bond acceptors (Lipinski definition) is 2. The normalized spacial score (nSPS) is 10.6. The lowest BCUT2D eigenvalue weighted by molar-refractivity contribution is 0.0945. The van der Waals surface area contributed by atoms with E-state index in [1.54, 1.807) is 13.0 Å². The summed E-state index contributed by atoms with van der Waals surface area (Å²) < 4.78 is 13.1. The molecule has 0 aliphatic carbocycles. The molecule has 5 heteroatoms. The van der Waals surface area contributed by atoms with Gasteiger partial charge < -0.3 is 11.1 Å². The molecule has 0 heterocycles. The molecule has 0 spiro atoms. The van der Waals surface area contributed by atoms with E-state index in [-0.39, 0.29) is 18.3 Å². The van der Waals surface area contributed by atoms with Gasteiger partial charge in [-0.05, 0) is 44.5 Å². The standard InChI is InChI=1S/C12H17FN2O.ClH/c1-8-4-9(6-10(13)5-8)11(16)15-7-12(2,3)14;/h4-6H,7,14H2,1-3H3,(H,15,16);1H. The second-order valence-corrected chi connectivity index (χ2v) is 4.69. The molecule has 1 aromatic rings. The van der Waals surface area contributed by atoms with Crippen LogP contribution in [0, 0.1) is 12.7 Å². The summed E-state index contributed by atoms with van der Waals surface area (Å²) in [5.41, 5.74) is 6.30. The van der Waals surface area contributed by atoms with Crippen LogP contribution in [0.2, 0.25) is 0 Å². The molecule has 17 heavy (non-hydrogen) atoms. The molecule has 0 bridgehead atoms. The van der Waals surface area contributed by atoms with Gasteiger partial charge in [0.1, 0.15) is 5.82 Å². The lowest BCUT2D eigenvalue weighted by atomic mass is 10.1. The Hall–Kier alpha value is -1.13. The van der Waals surface area contributed by atoms with Crippen LogP contribution in [0.15, 0.2) is 18.2 Å². The van der Waals surface area contributed by atoms with Crippen LogP contribution in [0.3, 0.4) is 0 Å². The molecule has 3 N–H and O–H groups in total. The predicted octanol–water partition coefficient (Wildman–Crippen LogP) is 2.02. The number of rotatable bonds is 3. The maximum absolute atomic E-state index is 13.1. The number of carbonyl (C=O) groups excluding carboxylic acids is 1. The first-order valence-corrected chi connectivity index (χ1v) is 5.12. The zero-order valence-corrected chi connectivity index (χ0v) is 11.0. The average Bonchev–Trinajstić information content (AvgIpc) is 2.11. The number of aryl methyl sites for hydroxylation is 1. The Labute approximate surface area is 107 Å². The van der Waals surface area contributed by atoms with Gasteiger partial charge in [0.2, 0.25) is 0 Å². The second-order valence-electron chi connectivity index (χ2n) is 4.69. The molecule has 1 aromatic carbocycles. The van der Waals surface area contributed by atoms with Crippen LogP contribution in [0.25, 0.3) is 0 Å². The first-order valence-electron chi connectivity index (χ1n) is 5.12. The van der Waals surface area contributed by atoms with Gasteiger partial charge in [0.15, 0.2) is 0 Å². The highest BCUT2D eigenvalue weighted by atomic mass is 35.5. The van der Waals surface area contributed by atoms with Crippen LogP contribution in [0.5, 0.6) is 0 Å². The molecule has 0 aromatic heterocycles. The van der Waals surface area contributed by atoms with E-state index in [9.17, 15) is 9.18 Å². The molecule has 1 amide bonds. The first kappa shape index (κ1) is 15.9. The van der Waals surface area contributed by atoms with Crippen molar-refractivity contribution in [2.45, 2.75) is 26.3 Å². The van der Waals surface area contributed by atoms with Crippen LogP contribution in [0.1, 0.15) is 29.8 Å². The lowest BCUT2D eigenvalue weighted by Gasteiger charge is -2.18. The number of carbonyl (C=O) groups is 1. The van der Waals surface area contributed by atoms with Gasteiger partial charge >= 0.3 is 0 Å². The minimum Gasteiger partial charge on any atom is -0.350 e. The van der Waals surface area contributed by atoms with Crippen molar-refractivity contribution >= 4 is 18.3 Å². The molecule has 0 atom stereocenters. The Bertz CT molecular complexity index is 382. The summed E-state index contributed by atoms with van der Waals surface area (Å²) in [4.78, 5) is 11.7. The number of benzene rings is 1. The first-order chi connectivity index (χ1) is 7.28. The predicted molar refractivity (Wildman–Crippen MR) is 69.0 cm³/mol. The van der Waals surface area contributed by atoms with E-state index in [4.69, 9.17) is 5.73 Å². The Kier molecular flexibility index (Phi) is 5.58.